The highest BCUT2D eigenvalue weighted by Crippen LogP contribution is 2.45. The van der Waals surface area contributed by atoms with Crippen molar-refractivity contribution in [1.82, 2.24) is 4.90 Å². The Morgan fingerprint density at radius 2 is 1.80 bits per heavy atom. The number of nitrogens with zero attached hydrogens (tertiary/aromatic N) is 1. The lowest BCUT2D eigenvalue weighted by molar-refractivity contribution is 0.214. The van der Waals surface area contributed by atoms with Crippen molar-refractivity contribution >= 4 is 17.3 Å². The van der Waals surface area contributed by atoms with E-state index >= 15 is 0 Å². The molecule has 0 spiro atoms. The van der Waals surface area contributed by atoms with E-state index in [1.54, 1.807) is 0 Å². The Hall–Kier alpha value is -2.49. The Balaban J connectivity index is 1.50. The first-order valence-corrected chi connectivity index (χ1v) is 11.1. The third kappa shape index (κ3) is 3.57. The average Bonchev–Trinajstić information content (AvgIpc) is 2.90. The maximum atomic E-state index is 10.3. The zero-order valence-corrected chi connectivity index (χ0v) is 18.0. The van der Waals surface area contributed by atoms with Gasteiger partial charge in [-0.05, 0) is 78.4 Å². The summed E-state index contributed by atoms with van der Waals surface area (Å²) in [5.41, 5.74) is 7.73. The fourth-order valence-electron chi connectivity index (χ4n) is 5.15. The van der Waals surface area contributed by atoms with Gasteiger partial charge in [-0.1, -0.05) is 48.0 Å². The molecular formula is C26H27ClN2O. The molecular weight excluding hydrogens is 392 g/mol. The van der Waals surface area contributed by atoms with Crippen molar-refractivity contribution in [2.45, 2.75) is 37.8 Å². The molecule has 3 aromatic rings. The van der Waals surface area contributed by atoms with Gasteiger partial charge in [-0.3, -0.25) is 0 Å². The van der Waals surface area contributed by atoms with Crippen LogP contribution >= 0.6 is 11.6 Å². The van der Waals surface area contributed by atoms with E-state index in [2.05, 4.69) is 59.7 Å². The molecule has 2 N–H and O–H groups in total. The molecule has 0 amide bonds. The molecule has 0 bridgehead atoms. The van der Waals surface area contributed by atoms with Gasteiger partial charge in [-0.2, -0.15) is 0 Å². The number of phenolic OH excluding ortho intramolecular Hbond substituents is 1. The van der Waals surface area contributed by atoms with Crippen molar-refractivity contribution in [3.63, 3.8) is 0 Å². The number of aromatic hydroxyl groups is 1. The number of hydrogen-bond acceptors (Lipinski definition) is 3. The monoisotopic (exact) mass is 418 g/mol. The van der Waals surface area contributed by atoms with Gasteiger partial charge in [0.15, 0.2) is 0 Å². The number of phenols is 1. The van der Waals surface area contributed by atoms with E-state index in [1.807, 2.05) is 18.2 Å². The number of likely N-dealkylation sites (N-methyl/N-ethyl adjacent to an activating group) is 1. The van der Waals surface area contributed by atoms with Crippen LogP contribution < -0.4 is 5.32 Å². The number of hydrogen-bond donors (Lipinski definition) is 2. The minimum Gasteiger partial charge on any atom is -0.506 e. The quantitative estimate of drug-likeness (QED) is 0.581. The predicted octanol–water partition coefficient (Wildman–Crippen LogP) is 5.59. The maximum Gasteiger partial charge on any atom is 0.134 e. The van der Waals surface area contributed by atoms with Crippen molar-refractivity contribution in [1.29, 1.82) is 0 Å². The van der Waals surface area contributed by atoms with E-state index in [-0.39, 0.29) is 11.7 Å². The number of halogens is 1. The van der Waals surface area contributed by atoms with Gasteiger partial charge in [0.1, 0.15) is 5.75 Å². The van der Waals surface area contributed by atoms with Gasteiger partial charge >= 0.3 is 0 Å². The van der Waals surface area contributed by atoms with Crippen molar-refractivity contribution in [2.75, 3.05) is 18.9 Å². The third-order valence-corrected chi connectivity index (χ3v) is 7.06. The number of anilines is 1. The predicted molar refractivity (Wildman–Crippen MR) is 124 cm³/mol. The zero-order chi connectivity index (χ0) is 20.7. The number of fused-ring (bicyclic) bond motifs is 5. The molecule has 0 saturated heterocycles. The van der Waals surface area contributed by atoms with Crippen LogP contribution in [0, 0.1) is 0 Å². The molecule has 0 radical (unpaired) electrons. The second-order valence-electron chi connectivity index (χ2n) is 8.57. The van der Waals surface area contributed by atoms with Crippen LogP contribution in [0.3, 0.4) is 0 Å². The minimum atomic E-state index is 0.187. The van der Waals surface area contributed by atoms with E-state index in [9.17, 15) is 5.11 Å². The summed E-state index contributed by atoms with van der Waals surface area (Å²) in [6.45, 7) is 1.84. The summed E-state index contributed by atoms with van der Waals surface area (Å²) in [4.78, 5) is 2.49. The molecule has 1 heterocycles. The molecule has 4 heteroatoms. The van der Waals surface area contributed by atoms with Crippen LogP contribution in [0.1, 0.15) is 40.2 Å². The number of rotatable bonds is 3. The molecule has 3 aromatic carbocycles. The lowest BCUT2D eigenvalue weighted by Gasteiger charge is -2.38. The first-order chi connectivity index (χ1) is 14.6. The van der Waals surface area contributed by atoms with E-state index in [0.717, 1.165) is 38.0 Å². The first kappa shape index (κ1) is 19.5. The highest BCUT2D eigenvalue weighted by Gasteiger charge is 2.36. The number of aryl methyl sites for hydroxylation is 1. The lowest BCUT2D eigenvalue weighted by Crippen LogP contribution is -2.39. The molecule has 30 heavy (non-hydrogen) atoms. The van der Waals surface area contributed by atoms with Crippen molar-refractivity contribution < 1.29 is 5.11 Å². The number of nitrogens with one attached hydrogen (secondary N) is 1. The molecule has 2 atom stereocenters. The molecule has 3 nitrogen and oxygen atoms in total. The molecule has 1 aliphatic heterocycles. The van der Waals surface area contributed by atoms with Gasteiger partial charge in [-0.25, -0.2) is 0 Å². The van der Waals surface area contributed by atoms with E-state index < -0.39 is 0 Å². The maximum absolute atomic E-state index is 10.3. The van der Waals surface area contributed by atoms with Crippen LogP contribution in [0.4, 0.5) is 5.69 Å². The topological polar surface area (TPSA) is 35.5 Å². The van der Waals surface area contributed by atoms with Gasteiger partial charge in [0.25, 0.3) is 0 Å². The molecule has 154 valence electrons. The molecule has 0 fully saturated rings. The van der Waals surface area contributed by atoms with Crippen molar-refractivity contribution in [3.05, 3.63) is 93.5 Å². The molecule has 0 saturated carbocycles. The largest absolute Gasteiger partial charge is 0.506 e. The Kier molecular flexibility index (Phi) is 5.18. The molecule has 2 aliphatic rings. The van der Waals surface area contributed by atoms with Crippen molar-refractivity contribution in [2.24, 2.45) is 0 Å². The van der Waals surface area contributed by atoms with E-state index in [4.69, 9.17) is 11.6 Å². The Bertz CT molecular complexity index is 1070. The highest BCUT2D eigenvalue weighted by molar-refractivity contribution is 6.32. The Morgan fingerprint density at radius 1 is 1.00 bits per heavy atom. The van der Waals surface area contributed by atoms with Gasteiger partial charge in [-0.15, -0.1) is 0 Å². The summed E-state index contributed by atoms with van der Waals surface area (Å²) in [6, 6.07) is 21.6. The third-order valence-electron chi connectivity index (χ3n) is 6.76. The fourth-order valence-corrected chi connectivity index (χ4v) is 5.34. The summed E-state index contributed by atoms with van der Waals surface area (Å²) in [5, 5.41) is 14.4. The molecule has 5 rings (SSSR count). The Morgan fingerprint density at radius 3 is 2.63 bits per heavy atom. The second-order valence-corrected chi connectivity index (χ2v) is 8.98. The minimum absolute atomic E-state index is 0.187. The normalized spacial score (nSPS) is 20.6. The van der Waals surface area contributed by atoms with Crippen LogP contribution in [-0.4, -0.2) is 29.6 Å². The Labute approximate surface area is 183 Å². The summed E-state index contributed by atoms with van der Waals surface area (Å²) < 4.78 is 0. The fraction of sp³-hybridized carbons (Fsp3) is 0.308. The summed E-state index contributed by atoms with van der Waals surface area (Å²) in [6.07, 6.45) is 3.17. The van der Waals surface area contributed by atoms with Gasteiger partial charge in [0, 0.05) is 30.7 Å². The molecule has 0 aromatic heterocycles. The number of benzene rings is 3. The van der Waals surface area contributed by atoms with E-state index in [0.29, 0.717) is 11.1 Å². The van der Waals surface area contributed by atoms with E-state index in [1.165, 1.54) is 27.8 Å². The summed E-state index contributed by atoms with van der Waals surface area (Å²) in [5.74, 6) is 0.453. The summed E-state index contributed by atoms with van der Waals surface area (Å²) in [7, 11) is 2.23. The van der Waals surface area contributed by atoms with Crippen molar-refractivity contribution in [3.8, 4) is 5.75 Å². The summed E-state index contributed by atoms with van der Waals surface area (Å²) >= 11 is 6.24. The van der Waals surface area contributed by atoms with Crippen LogP contribution in [-0.2, 0) is 19.4 Å². The smallest absolute Gasteiger partial charge is 0.134 e. The average molecular weight is 419 g/mol. The van der Waals surface area contributed by atoms with Crippen LogP contribution in [0.2, 0.25) is 5.02 Å². The lowest BCUT2D eigenvalue weighted by atomic mass is 9.74. The standard InChI is InChI=1S/C26H27ClN2O/c1-29-12-11-19-14-23(27)25(30)15-22(19)26-21-9-8-20(13-18(21)7-10-24(26)29)28-16-17-5-3-2-4-6-17/h2-6,8-9,13-15,24,26,28,30H,7,10-12,16H2,1H3/t24-,26+/m0/s1. The molecule has 1 aliphatic carbocycles. The van der Waals surface area contributed by atoms with Gasteiger partial charge in [0.2, 0.25) is 0 Å². The van der Waals surface area contributed by atoms with Crippen LogP contribution in [0.15, 0.2) is 60.7 Å². The van der Waals surface area contributed by atoms with Gasteiger partial charge < -0.3 is 15.3 Å². The zero-order valence-electron chi connectivity index (χ0n) is 17.2. The van der Waals surface area contributed by atoms with Gasteiger partial charge in [0.05, 0.1) is 5.02 Å². The highest BCUT2D eigenvalue weighted by atomic mass is 35.5. The van der Waals surface area contributed by atoms with Crippen LogP contribution in [0.5, 0.6) is 5.75 Å². The first-order valence-electron chi connectivity index (χ1n) is 10.7. The SMILES string of the molecule is CN1CCc2cc(Cl)c(O)cc2[C@H]2c3ccc(NCc4ccccc4)cc3CC[C@@H]21. The van der Waals surface area contributed by atoms with Crippen LogP contribution in [0.25, 0.3) is 0 Å². The second kappa shape index (κ2) is 7.98. The molecule has 0 unspecified atom stereocenters.